The Labute approximate surface area is 128 Å². The third-order valence-corrected chi connectivity index (χ3v) is 4.08. The highest BCUT2D eigenvalue weighted by Crippen LogP contribution is 2.35. The van der Waals surface area contributed by atoms with E-state index in [1.165, 1.54) is 22.1 Å². The van der Waals surface area contributed by atoms with Gasteiger partial charge in [-0.15, -0.1) is 0 Å². The fraction of sp³-hybridized carbons (Fsp3) is 0.579. The maximum absolute atomic E-state index is 6.24. The Balaban J connectivity index is 2.60. The van der Waals surface area contributed by atoms with Crippen LogP contribution < -0.4 is 5.32 Å². The zero-order chi connectivity index (χ0) is 15.8. The SMILES string of the molecule is CCc1cc(C(C)(C)C)c2oc(CNC(C)C)c(C)c2c1. The predicted octanol–water partition coefficient (Wildman–Crippen LogP) is 5.10. The second kappa shape index (κ2) is 5.84. The van der Waals surface area contributed by atoms with Crippen LogP contribution in [-0.4, -0.2) is 6.04 Å². The van der Waals surface area contributed by atoms with Crippen LogP contribution in [0, 0.1) is 6.92 Å². The van der Waals surface area contributed by atoms with Crippen LogP contribution in [0.5, 0.6) is 0 Å². The number of furan rings is 1. The van der Waals surface area contributed by atoms with Gasteiger partial charge in [0.15, 0.2) is 0 Å². The lowest BCUT2D eigenvalue weighted by molar-refractivity contribution is 0.477. The Hall–Kier alpha value is -1.28. The summed E-state index contributed by atoms with van der Waals surface area (Å²) < 4.78 is 6.24. The molecule has 2 aromatic rings. The van der Waals surface area contributed by atoms with Gasteiger partial charge in [0, 0.05) is 17.0 Å². The second-order valence-corrected chi connectivity index (χ2v) is 7.31. The third-order valence-electron chi connectivity index (χ3n) is 4.08. The third kappa shape index (κ3) is 3.32. The van der Waals surface area contributed by atoms with E-state index in [1.54, 1.807) is 0 Å². The van der Waals surface area contributed by atoms with Gasteiger partial charge >= 0.3 is 0 Å². The van der Waals surface area contributed by atoms with Crippen LogP contribution >= 0.6 is 0 Å². The van der Waals surface area contributed by atoms with Crippen LogP contribution in [0.25, 0.3) is 11.0 Å². The highest BCUT2D eigenvalue weighted by molar-refractivity contribution is 5.86. The molecule has 0 bridgehead atoms. The van der Waals surface area contributed by atoms with Crippen molar-refractivity contribution in [1.29, 1.82) is 0 Å². The van der Waals surface area contributed by atoms with Crippen molar-refractivity contribution in [3.05, 3.63) is 34.6 Å². The topological polar surface area (TPSA) is 25.2 Å². The first-order valence-corrected chi connectivity index (χ1v) is 8.02. The molecule has 1 aromatic heterocycles. The highest BCUT2D eigenvalue weighted by Gasteiger charge is 2.22. The Bertz CT molecular complexity index is 629. The summed E-state index contributed by atoms with van der Waals surface area (Å²) in [6.07, 6.45) is 1.06. The molecule has 0 spiro atoms. The molecule has 2 rings (SSSR count). The quantitative estimate of drug-likeness (QED) is 0.846. The Morgan fingerprint density at radius 1 is 1.19 bits per heavy atom. The van der Waals surface area contributed by atoms with Crippen molar-refractivity contribution in [3.8, 4) is 0 Å². The zero-order valence-electron chi connectivity index (χ0n) is 14.6. The summed E-state index contributed by atoms with van der Waals surface area (Å²) >= 11 is 0. The molecule has 1 aromatic carbocycles. The monoisotopic (exact) mass is 287 g/mol. The lowest BCUT2D eigenvalue weighted by Crippen LogP contribution is -2.21. The molecule has 0 amide bonds. The van der Waals surface area contributed by atoms with Crippen molar-refractivity contribution < 1.29 is 4.42 Å². The molecular weight excluding hydrogens is 258 g/mol. The number of rotatable bonds is 4. The van der Waals surface area contributed by atoms with Crippen LogP contribution in [0.15, 0.2) is 16.5 Å². The molecule has 21 heavy (non-hydrogen) atoms. The van der Waals surface area contributed by atoms with E-state index in [2.05, 4.69) is 65.9 Å². The smallest absolute Gasteiger partial charge is 0.138 e. The first-order valence-electron chi connectivity index (χ1n) is 8.02. The molecule has 0 radical (unpaired) electrons. The van der Waals surface area contributed by atoms with Crippen LogP contribution in [-0.2, 0) is 18.4 Å². The van der Waals surface area contributed by atoms with Gasteiger partial charge in [-0.25, -0.2) is 0 Å². The number of nitrogens with one attached hydrogen (secondary N) is 1. The Morgan fingerprint density at radius 3 is 2.38 bits per heavy atom. The molecule has 0 unspecified atom stereocenters. The van der Waals surface area contributed by atoms with Gasteiger partial charge in [0.05, 0.1) is 6.54 Å². The summed E-state index contributed by atoms with van der Waals surface area (Å²) in [5.41, 5.74) is 5.14. The lowest BCUT2D eigenvalue weighted by atomic mass is 9.84. The van der Waals surface area contributed by atoms with Crippen molar-refractivity contribution in [1.82, 2.24) is 5.32 Å². The van der Waals surface area contributed by atoms with Gasteiger partial charge in [-0.2, -0.15) is 0 Å². The number of hydrogen-bond donors (Lipinski definition) is 1. The lowest BCUT2D eigenvalue weighted by Gasteiger charge is -2.20. The maximum Gasteiger partial charge on any atom is 0.138 e. The number of aryl methyl sites for hydroxylation is 2. The van der Waals surface area contributed by atoms with Crippen LogP contribution in [0.4, 0.5) is 0 Å². The van der Waals surface area contributed by atoms with Gasteiger partial charge in [0.25, 0.3) is 0 Å². The Morgan fingerprint density at radius 2 is 1.86 bits per heavy atom. The van der Waals surface area contributed by atoms with E-state index in [0.29, 0.717) is 6.04 Å². The summed E-state index contributed by atoms with van der Waals surface area (Å²) in [4.78, 5) is 0. The highest BCUT2D eigenvalue weighted by atomic mass is 16.3. The summed E-state index contributed by atoms with van der Waals surface area (Å²) in [6.45, 7) is 16.3. The minimum absolute atomic E-state index is 0.0937. The van der Waals surface area contributed by atoms with E-state index in [-0.39, 0.29) is 5.41 Å². The largest absolute Gasteiger partial charge is 0.459 e. The molecule has 116 valence electrons. The van der Waals surface area contributed by atoms with Gasteiger partial charge < -0.3 is 9.73 Å². The summed E-state index contributed by atoms with van der Waals surface area (Å²) in [5, 5.41) is 4.73. The fourth-order valence-electron chi connectivity index (χ4n) is 2.65. The Kier molecular flexibility index (Phi) is 4.48. The van der Waals surface area contributed by atoms with E-state index < -0.39 is 0 Å². The van der Waals surface area contributed by atoms with E-state index in [0.717, 1.165) is 24.3 Å². The van der Waals surface area contributed by atoms with Gasteiger partial charge in [-0.3, -0.25) is 0 Å². The molecule has 0 aliphatic rings. The van der Waals surface area contributed by atoms with Crippen molar-refractivity contribution in [2.24, 2.45) is 0 Å². The summed E-state index contributed by atoms with van der Waals surface area (Å²) in [5.74, 6) is 1.07. The molecule has 0 aliphatic carbocycles. The zero-order valence-corrected chi connectivity index (χ0v) is 14.6. The van der Waals surface area contributed by atoms with Gasteiger partial charge in [0.1, 0.15) is 11.3 Å². The molecule has 0 aliphatic heterocycles. The first kappa shape index (κ1) is 16.1. The van der Waals surface area contributed by atoms with E-state index in [9.17, 15) is 0 Å². The first-order chi connectivity index (χ1) is 9.74. The van der Waals surface area contributed by atoms with E-state index >= 15 is 0 Å². The normalized spacial score (nSPS) is 12.6. The molecule has 1 N–H and O–H groups in total. The van der Waals surface area contributed by atoms with E-state index in [1.807, 2.05) is 0 Å². The average molecular weight is 287 g/mol. The van der Waals surface area contributed by atoms with Crippen molar-refractivity contribution in [2.75, 3.05) is 0 Å². The summed E-state index contributed by atoms with van der Waals surface area (Å²) in [6, 6.07) is 5.07. The summed E-state index contributed by atoms with van der Waals surface area (Å²) in [7, 11) is 0. The molecule has 0 fully saturated rings. The van der Waals surface area contributed by atoms with Crippen molar-refractivity contribution >= 4 is 11.0 Å². The van der Waals surface area contributed by atoms with Crippen molar-refractivity contribution in [3.63, 3.8) is 0 Å². The minimum Gasteiger partial charge on any atom is -0.459 e. The van der Waals surface area contributed by atoms with Crippen molar-refractivity contribution in [2.45, 2.75) is 72.9 Å². The number of hydrogen-bond acceptors (Lipinski definition) is 2. The average Bonchev–Trinajstić information content (AvgIpc) is 2.71. The van der Waals surface area contributed by atoms with Crippen LogP contribution in [0.2, 0.25) is 0 Å². The second-order valence-electron chi connectivity index (χ2n) is 7.31. The standard InChI is InChI=1S/C19H29NO/c1-8-14-9-15-13(4)17(11-20-12(2)3)21-18(15)16(10-14)19(5,6)7/h9-10,12,20H,8,11H2,1-7H3. The molecule has 1 heterocycles. The molecule has 2 heteroatoms. The van der Waals surface area contributed by atoms with Gasteiger partial charge in [0.2, 0.25) is 0 Å². The van der Waals surface area contributed by atoms with Gasteiger partial charge in [-0.1, -0.05) is 47.6 Å². The van der Waals surface area contributed by atoms with Crippen LogP contribution in [0.1, 0.15) is 64.0 Å². The molecular formula is C19H29NO. The maximum atomic E-state index is 6.24. The fourth-order valence-corrected chi connectivity index (χ4v) is 2.65. The molecule has 2 nitrogen and oxygen atoms in total. The van der Waals surface area contributed by atoms with Gasteiger partial charge in [-0.05, 0) is 36.0 Å². The molecule has 0 saturated heterocycles. The number of benzene rings is 1. The number of fused-ring (bicyclic) bond motifs is 1. The molecule has 0 atom stereocenters. The minimum atomic E-state index is 0.0937. The predicted molar refractivity (Wildman–Crippen MR) is 91.0 cm³/mol. The molecule has 0 saturated carbocycles. The van der Waals surface area contributed by atoms with E-state index in [4.69, 9.17) is 4.42 Å². The van der Waals surface area contributed by atoms with Crippen LogP contribution in [0.3, 0.4) is 0 Å².